The van der Waals surface area contributed by atoms with Gasteiger partial charge in [-0.1, -0.05) is 26.0 Å². The first-order valence-electron chi connectivity index (χ1n) is 5.74. The predicted octanol–water partition coefficient (Wildman–Crippen LogP) is -0.0680. The van der Waals surface area contributed by atoms with Crippen molar-refractivity contribution in [3.63, 3.8) is 0 Å². The Morgan fingerprint density at radius 3 is 2.72 bits per heavy atom. The molecule has 7 heteroatoms. The van der Waals surface area contributed by atoms with E-state index in [0.29, 0.717) is 11.0 Å². The Kier molecular flexibility index (Phi) is 2.94. The fraction of sp³-hybridized carbons (Fsp3) is 0.636. The van der Waals surface area contributed by atoms with E-state index < -0.39 is 6.10 Å². The summed E-state index contributed by atoms with van der Waals surface area (Å²) in [5, 5.41) is 22.1. The lowest BCUT2D eigenvalue weighted by molar-refractivity contribution is 0.0432. The minimum absolute atomic E-state index is 0.125. The van der Waals surface area contributed by atoms with Crippen LogP contribution in [0, 0.1) is 5.41 Å². The second-order valence-corrected chi connectivity index (χ2v) is 5.46. The number of aryl methyl sites for hydroxylation is 1. The maximum atomic E-state index is 12.1. The van der Waals surface area contributed by atoms with Crippen molar-refractivity contribution in [3.05, 3.63) is 16.6 Å². The predicted molar refractivity (Wildman–Crippen MR) is 66.0 cm³/mol. The van der Waals surface area contributed by atoms with Gasteiger partial charge in [0.2, 0.25) is 0 Å². The fourth-order valence-electron chi connectivity index (χ4n) is 1.53. The zero-order valence-electron chi connectivity index (χ0n) is 11.0. The van der Waals surface area contributed by atoms with E-state index in [1.165, 1.54) is 15.6 Å². The normalized spacial score (nSPS) is 14.1. The van der Waals surface area contributed by atoms with Gasteiger partial charge in [0, 0.05) is 7.05 Å². The van der Waals surface area contributed by atoms with Crippen molar-refractivity contribution in [2.75, 3.05) is 0 Å². The average molecular weight is 251 g/mol. The quantitative estimate of drug-likeness (QED) is 0.807. The molecule has 0 radical (unpaired) electrons. The van der Waals surface area contributed by atoms with Crippen molar-refractivity contribution >= 4 is 11.0 Å². The topological polar surface area (TPSA) is 85.8 Å². The summed E-state index contributed by atoms with van der Waals surface area (Å²) in [5.41, 5.74) is -0.150. The first-order chi connectivity index (χ1) is 8.30. The molecule has 0 fully saturated rings. The first-order valence-corrected chi connectivity index (χ1v) is 5.74. The average Bonchev–Trinajstić information content (AvgIpc) is 2.64. The molecule has 2 aromatic heterocycles. The third-order valence-electron chi connectivity index (χ3n) is 2.97. The summed E-state index contributed by atoms with van der Waals surface area (Å²) in [7, 11) is 1.70. The van der Waals surface area contributed by atoms with Crippen LogP contribution < -0.4 is 5.56 Å². The van der Waals surface area contributed by atoms with Crippen LogP contribution >= 0.6 is 0 Å². The molecular formula is C11H17N5O2. The zero-order chi connectivity index (χ0) is 13.5. The molecule has 0 saturated heterocycles. The molecule has 0 bridgehead atoms. The molecule has 98 valence electrons. The lowest BCUT2D eigenvalue weighted by atomic mass is 9.89. The van der Waals surface area contributed by atoms with E-state index in [1.807, 2.05) is 20.8 Å². The highest BCUT2D eigenvalue weighted by Crippen LogP contribution is 2.19. The molecule has 2 rings (SSSR count). The number of aliphatic hydroxyl groups is 1. The number of hydrogen-bond donors (Lipinski definition) is 1. The van der Waals surface area contributed by atoms with Crippen molar-refractivity contribution in [3.8, 4) is 0 Å². The lowest BCUT2D eigenvalue weighted by Crippen LogP contribution is -2.36. The molecule has 0 saturated carbocycles. The second-order valence-electron chi connectivity index (χ2n) is 5.46. The third-order valence-corrected chi connectivity index (χ3v) is 2.97. The molecule has 0 aliphatic heterocycles. The molecule has 0 amide bonds. The molecule has 7 nitrogen and oxygen atoms in total. The van der Waals surface area contributed by atoms with Crippen LogP contribution in [0.3, 0.4) is 0 Å². The largest absolute Gasteiger partial charge is 0.391 e. The Morgan fingerprint density at radius 2 is 2.11 bits per heavy atom. The minimum Gasteiger partial charge on any atom is -0.391 e. The van der Waals surface area contributed by atoms with Gasteiger partial charge in [-0.3, -0.25) is 4.79 Å². The van der Waals surface area contributed by atoms with Crippen LogP contribution in [-0.2, 0) is 13.6 Å². The Bertz CT molecular complexity index is 622. The molecule has 0 aliphatic rings. The molecule has 1 unspecified atom stereocenters. The van der Waals surface area contributed by atoms with Gasteiger partial charge in [-0.15, -0.1) is 5.10 Å². The van der Waals surface area contributed by atoms with E-state index in [-0.39, 0.29) is 17.5 Å². The molecular weight excluding hydrogens is 234 g/mol. The van der Waals surface area contributed by atoms with E-state index in [9.17, 15) is 9.90 Å². The highest BCUT2D eigenvalue weighted by atomic mass is 16.3. The molecule has 2 heterocycles. The van der Waals surface area contributed by atoms with Crippen molar-refractivity contribution < 1.29 is 5.11 Å². The highest BCUT2D eigenvalue weighted by Gasteiger charge is 2.24. The molecule has 0 aromatic carbocycles. The van der Waals surface area contributed by atoms with Gasteiger partial charge in [0.1, 0.15) is 5.39 Å². The smallest absolute Gasteiger partial charge is 0.280 e. The van der Waals surface area contributed by atoms with Gasteiger partial charge in [-0.05, 0) is 5.41 Å². The number of aliphatic hydroxyl groups excluding tert-OH is 1. The molecule has 0 aliphatic carbocycles. The van der Waals surface area contributed by atoms with Crippen molar-refractivity contribution in [2.24, 2.45) is 12.5 Å². The Balaban J connectivity index is 2.41. The Labute approximate surface area is 104 Å². The maximum Gasteiger partial charge on any atom is 0.280 e. The van der Waals surface area contributed by atoms with Crippen molar-refractivity contribution in [1.29, 1.82) is 0 Å². The fourth-order valence-corrected chi connectivity index (χ4v) is 1.53. The third kappa shape index (κ3) is 2.13. The molecule has 2 aromatic rings. The van der Waals surface area contributed by atoms with Gasteiger partial charge in [0.05, 0.1) is 18.8 Å². The molecule has 18 heavy (non-hydrogen) atoms. The van der Waals surface area contributed by atoms with Crippen molar-refractivity contribution in [1.82, 2.24) is 24.8 Å². The van der Waals surface area contributed by atoms with Gasteiger partial charge in [0.25, 0.3) is 5.56 Å². The van der Waals surface area contributed by atoms with Gasteiger partial charge in [-0.2, -0.15) is 5.10 Å². The van der Waals surface area contributed by atoms with Gasteiger partial charge >= 0.3 is 0 Å². The summed E-state index contributed by atoms with van der Waals surface area (Å²) in [4.78, 5) is 12.1. The number of rotatable bonds is 2. The summed E-state index contributed by atoms with van der Waals surface area (Å²) in [6, 6.07) is 0. The summed E-state index contributed by atoms with van der Waals surface area (Å²) >= 11 is 0. The monoisotopic (exact) mass is 251 g/mol. The van der Waals surface area contributed by atoms with E-state index in [2.05, 4.69) is 15.4 Å². The molecule has 0 spiro atoms. The van der Waals surface area contributed by atoms with Crippen LogP contribution in [0.25, 0.3) is 11.0 Å². The van der Waals surface area contributed by atoms with Gasteiger partial charge < -0.3 is 5.11 Å². The molecule has 1 atom stereocenters. The lowest BCUT2D eigenvalue weighted by Gasteiger charge is -2.25. The van der Waals surface area contributed by atoms with Crippen LogP contribution in [-0.4, -0.2) is 36.0 Å². The van der Waals surface area contributed by atoms with Crippen LogP contribution in [0.2, 0.25) is 0 Å². The van der Waals surface area contributed by atoms with E-state index >= 15 is 0 Å². The number of nitrogens with zero attached hydrogens (tertiary/aromatic N) is 5. The molecule has 1 N–H and O–H groups in total. The Morgan fingerprint density at radius 1 is 1.44 bits per heavy atom. The maximum absolute atomic E-state index is 12.1. The van der Waals surface area contributed by atoms with Crippen LogP contribution in [0.1, 0.15) is 20.8 Å². The highest BCUT2D eigenvalue weighted by molar-refractivity contribution is 5.72. The number of aromatic nitrogens is 5. The SMILES string of the molecule is Cn1ncc2c(=O)n(CC(O)C(C)(C)C)nnc21. The number of fused-ring (bicyclic) bond motifs is 1. The van der Waals surface area contributed by atoms with Crippen LogP contribution in [0.15, 0.2) is 11.0 Å². The van der Waals surface area contributed by atoms with Gasteiger partial charge in [-0.25, -0.2) is 9.36 Å². The standard InChI is InChI=1S/C11H17N5O2/c1-11(2,3)8(17)6-16-10(18)7-5-12-15(4)9(7)13-14-16/h5,8,17H,6H2,1-4H3. The summed E-state index contributed by atoms with van der Waals surface area (Å²) < 4.78 is 2.67. The Hall–Kier alpha value is -1.76. The minimum atomic E-state index is -0.668. The second kappa shape index (κ2) is 4.16. The number of hydrogen-bond acceptors (Lipinski definition) is 5. The zero-order valence-corrected chi connectivity index (χ0v) is 11.0. The van der Waals surface area contributed by atoms with E-state index in [4.69, 9.17) is 0 Å². The van der Waals surface area contributed by atoms with E-state index in [1.54, 1.807) is 7.05 Å². The van der Waals surface area contributed by atoms with Crippen LogP contribution in [0.5, 0.6) is 0 Å². The summed E-state index contributed by atoms with van der Waals surface area (Å²) in [5.74, 6) is 0. The summed E-state index contributed by atoms with van der Waals surface area (Å²) in [6.45, 7) is 5.83. The summed E-state index contributed by atoms with van der Waals surface area (Å²) in [6.07, 6.45) is 0.797. The van der Waals surface area contributed by atoms with Gasteiger partial charge in [0.15, 0.2) is 5.65 Å². The van der Waals surface area contributed by atoms with Crippen LogP contribution in [0.4, 0.5) is 0 Å². The first kappa shape index (κ1) is 12.7. The van der Waals surface area contributed by atoms with E-state index in [0.717, 1.165) is 0 Å². The van der Waals surface area contributed by atoms with Crippen molar-refractivity contribution in [2.45, 2.75) is 33.4 Å².